The van der Waals surface area contributed by atoms with Crippen molar-refractivity contribution in [1.82, 2.24) is 0 Å². The van der Waals surface area contributed by atoms with E-state index in [9.17, 15) is 5.26 Å². The summed E-state index contributed by atoms with van der Waals surface area (Å²) in [6, 6.07) is 10.4. The molecule has 1 aromatic heterocycles. The van der Waals surface area contributed by atoms with Gasteiger partial charge in [-0.2, -0.15) is 5.26 Å². The summed E-state index contributed by atoms with van der Waals surface area (Å²) in [6.45, 7) is 6.40. The number of piperidine rings is 1. The Morgan fingerprint density at radius 1 is 1.38 bits per heavy atom. The van der Waals surface area contributed by atoms with Crippen LogP contribution in [0.1, 0.15) is 55.7 Å². The van der Waals surface area contributed by atoms with Gasteiger partial charge in [0.25, 0.3) is 0 Å². The lowest BCUT2D eigenvalue weighted by Gasteiger charge is -2.39. The highest BCUT2D eigenvalue weighted by molar-refractivity contribution is 7.20. The van der Waals surface area contributed by atoms with Crippen LogP contribution in [0.25, 0.3) is 0 Å². The van der Waals surface area contributed by atoms with E-state index in [-0.39, 0.29) is 6.10 Å². The van der Waals surface area contributed by atoms with Crippen molar-refractivity contribution < 1.29 is 4.74 Å². The van der Waals surface area contributed by atoms with E-state index in [2.05, 4.69) is 24.8 Å². The standard InChI is InChI=1S/C21H23N3OS/c1-3-14(2)25-18-7-5-4-6-16(18)13-23-20-17(12-22)19-15-8-10-24(11-9-15)21(19)26-20/h4-7,13-15H,3,8-11H2,1-2H3/t14-/m1/s1. The van der Waals surface area contributed by atoms with Gasteiger partial charge in [0, 0.05) is 30.4 Å². The minimum atomic E-state index is 0.164. The van der Waals surface area contributed by atoms with Crippen LogP contribution in [-0.4, -0.2) is 25.4 Å². The monoisotopic (exact) mass is 365 g/mol. The molecule has 0 N–H and O–H groups in total. The van der Waals surface area contributed by atoms with E-state index in [1.165, 1.54) is 10.6 Å². The average molecular weight is 366 g/mol. The van der Waals surface area contributed by atoms with Crippen molar-refractivity contribution in [3.63, 3.8) is 0 Å². The number of nitrogens with zero attached hydrogens (tertiary/aromatic N) is 3. The van der Waals surface area contributed by atoms with E-state index < -0.39 is 0 Å². The van der Waals surface area contributed by atoms with E-state index in [0.717, 1.165) is 54.2 Å². The predicted octanol–water partition coefficient (Wildman–Crippen LogP) is 5.25. The second-order valence-electron chi connectivity index (χ2n) is 7.01. The maximum atomic E-state index is 9.73. The fourth-order valence-electron chi connectivity index (χ4n) is 3.73. The molecule has 3 aliphatic heterocycles. The smallest absolute Gasteiger partial charge is 0.136 e. The van der Waals surface area contributed by atoms with Gasteiger partial charge in [0.1, 0.15) is 16.8 Å². The molecular weight excluding hydrogens is 342 g/mol. The first kappa shape index (κ1) is 17.1. The Bertz CT molecular complexity index is 872. The molecule has 1 aromatic carbocycles. The predicted molar refractivity (Wildman–Crippen MR) is 107 cm³/mol. The summed E-state index contributed by atoms with van der Waals surface area (Å²) in [5.74, 6) is 1.38. The Kier molecular flexibility index (Phi) is 4.69. The fourth-order valence-corrected chi connectivity index (χ4v) is 4.96. The molecule has 1 atom stereocenters. The molecule has 2 bridgehead atoms. The highest BCUT2D eigenvalue weighted by Crippen LogP contribution is 2.52. The minimum absolute atomic E-state index is 0.164. The molecule has 0 spiro atoms. The molecule has 1 saturated heterocycles. The summed E-state index contributed by atoms with van der Waals surface area (Å²) in [5.41, 5.74) is 2.97. The molecule has 1 fully saturated rings. The van der Waals surface area contributed by atoms with Crippen LogP contribution in [0.4, 0.5) is 10.0 Å². The zero-order valence-corrected chi connectivity index (χ0v) is 16.1. The van der Waals surface area contributed by atoms with Crippen molar-refractivity contribution in [1.29, 1.82) is 5.26 Å². The third-order valence-corrected chi connectivity index (χ3v) is 6.53. The molecule has 2 aromatic rings. The lowest BCUT2D eigenvalue weighted by molar-refractivity contribution is 0.217. The quantitative estimate of drug-likeness (QED) is 0.680. The molecule has 0 radical (unpaired) electrons. The number of para-hydroxylation sites is 1. The summed E-state index contributed by atoms with van der Waals surface area (Å²) >= 11 is 1.66. The maximum Gasteiger partial charge on any atom is 0.136 e. The van der Waals surface area contributed by atoms with Crippen LogP contribution in [0.15, 0.2) is 29.3 Å². The summed E-state index contributed by atoms with van der Waals surface area (Å²) in [7, 11) is 0. The van der Waals surface area contributed by atoms with Gasteiger partial charge in [0.15, 0.2) is 0 Å². The number of benzene rings is 1. The van der Waals surface area contributed by atoms with Crippen LogP contribution in [0, 0.1) is 11.3 Å². The third kappa shape index (κ3) is 2.99. The first-order valence-electron chi connectivity index (χ1n) is 9.32. The normalized spacial score (nSPS) is 17.3. The lowest BCUT2D eigenvalue weighted by atomic mass is 9.84. The van der Waals surface area contributed by atoms with Gasteiger partial charge in [-0.1, -0.05) is 30.4 Å². The van der Waals surface area contributed by atoms with Crippen LogP contribution >= 0.6 is 11.3 Å². The van der Waals surface area contributed by atoms with Crippen LogP contribution in [0.3, 0.4) is 0 Å². The molecular formula is C21H23N3OS. The molecule has 26 heavy (non-hydrogen) atoms. The molecule has 5 rings (SSSR count). The number of hydrogen-bond donors (Lipinski definition) is 0. The number of thiophene rings is 1. The zero-order chi connectivity index (χ0) is 18.1. The maximum absolute atomic E-state index is 9.73. The van der Waals surface area contributed by atoms with Gasteiger partial charge >= 0.3 is 0 Å². The number of nitriles is 1. The van der Waals surface area contributed by atoms with E-state index in [1.54, 1.807) is 11.3 Å². The summed E-state index contributed by atoms with van der Waals surface area (Å²) in [6.07, 6.45) is 5.28. The zero-order valence-electron chi connectivity index (χ0n) is 15.2. The third-order valence-electron chi connectivity index (χ3n) is 5.35. The van der Waals surface area contributed by atoms with E-state index in [0.29, 0.717) is 5.92 Å². The van der Waals surface area contributed by atoms with Crippen molar-refractivity contribution in [2.45, 2.75) is 45.1 Å². The largest absolute Gasteiger partial charge is 0.490 e. The second-order valence-corrected chi connectivity index (χ2v) is 7.98. The SMILES string of the molecule is CC[C@@H](C)Oc1ccccc1C=Nc1sc2c(c1C#N)C1CCN2CC1. The van der Waals surface area contributed by atoms with Crippen LogP contribution in [0.5, 0.6) is 5.75 Å². The van der Waals surface area contributed by atoms with Crippen molar-refractivity contribution >= 4 is 27.6 Å². The first-order chi connectivity index (χ1) is 12.7. The van der Waals surface area contributed by atoms with Crippen molar-refractivity contribution in [3.8, 4) is 11.8 Å². The topological polar surface area (TPSA) is 48.6 Å². The van der Waals surface area contributed by atoms with Gasteiger partial charge in [-0.3, -0.25) is 0 Å². The first-order valence-corrected chi connectivity index (χ1v) is 10.1. The Morgan fingerprint density at radius 3 is 2.88 bits per heavy atom. The highest BCUT2D eigenvalue weighted by atomic mass is 32.1. The molecule has 4 nitrogen and oxygen atoms in total. The van der Waals surface area contributed by atoms with Gasteiger partial charge in [0.2, 0.25) is 0 Å². The summed E-state index contributed by atoms with van der Waals surface area (Å²) < 4.78 is 6.00. The molecule has 0 aliphatic carbocycles. The van der Waals surface area contributed by atoms with E-state index >= 15 is 0 Å². The Hall–Kier alpha value is -2.32. The van der Waals surface area contributed by atoms with Crippen molar-refractivity contribution in [2.24, 2.45) is 4.99 Å². The van der Waals surface area contributed by atoms with Crippen LogP contribution in [0.2, 0.25) is 0 Å². The van der Waals surface area contributed by atoms with Crippen LogP contribution in [-0.2, 0) is 0 Å². The highest BCUT2D eigenvalue weighted by Gasteiger charge is 2.36. The minimum Gasteiger partial charge on any atom is -0.490 e. The van der Waals surface area contributed by atoms with Gasteiger partial charge in [-0.25, -0.2) is 4.99 Å². The second kappa shape index (κ2) is 7.13. The van der Waals surface area contributed by atoms with Gasteiger partial charge in [0.05, 0.1) is 16.7 Å². The molecule has 0 unspecified atom stereocenters. The lowest BCUT2D eigenvalue weighted by Crippen LogP contribution is -2.37. The summed E-state index contributed by atoms with van der Waals surface area (Å²) in [5, 5.41) is 11.8. The molecule has 0 amide bonds. The van der Waals surface area contributed by atoms with Crippen molar-refractivity contribution in [2.75, 3.05) is 18.0 Å². The number of rotatable bonds is 5. The Labute approximate surface area is 158 Å². The van der Waals surface area contributed by atoms with E-state index in [1.807, 2.05) is 30.5 Å². The number of ether oxygens (including phenoxy) is 1. The Balaban J connectivity index is 1.67. The average Bonchev–Trinajstić information content (AvgIpc) is 3.08. The Morgan fingerprint density at radius 2 is 2.15 bits per heavy atom. The molecule has 4 heterocycles. The number of anilines is 1. The number of fused-ring (bicyclic) bond motifs is 2. The van der Waals surface area contributed by atoms with Gasteiger partial charge in [-0.15, -0.1) is 0 Å². The number of aliphatic imine (C=N–C) groups is 1. The van der Waals surface area contributed by atoms with E-state index in [4.69, 9.17) is 9.73 Å². The van der Waals surface area contributed by atoms with Gasteiger partial charge < -0.3 is 9.64 Å². The fraction of sp³-hybridized carbons (Fsp3) is 0.429. The summed E-state index contributed by atoms with van der Waals surface area (Å²) in [4.78, 5) is 7.12. The molecule has 0 saturated carbocycles. The van der Waals surface area contributed by atoms with Crippen LogP contribution < -0.4 is 9.64 Å². The molecule has 3 aliphatic rings. The molecule has 134 valence electrons. The van der Waals surface area contributed by atoms with Gasteiger partial charge in [-0.05, 0) is 44.2 Å². The van der Waals surface area contributed by atoms with Crippen molar-refractivity contribution in [3.05, 3.63) is 41.0 Å². The number of hydrogen-bond acceptors (Lipinski definition) is 5. The molecule has 5 heteroatoms.